The van der Waals surface area contributed by atoms with E-state index in [9.17, 15) is 5.53 Å². The van der Waals surface area contributed by atoms with Gasteiger partial charge in [0.05, 0.1) is 0 Å². The smallest absolute Gasteiger partial charge is 0.0654 e. The Morgan fingerprint density at radius 1 is 0.274 bits per heavy atom. The summed E-state index contributed by atoms with van der Waals surface area (Å²) in [5, 5.41) is 2.87. The average molecular weight is 1200 g/mol. The predicted octanol–water partition coefficient (Wildman–Crippen LogP) is 28.6. The molecular formula is C81H144N2Ni. The summed E-state index contributed by atoms with van der Waals surface area (Å²) >= 11 is 2.05. The van der Waals surface area contributed by atoms with Crippen LogP contribution in [-0.4, -0.2) is 4.70 Å². The van der Waals surface area contributed by atoms with Crippen molar-refractivity contribution in [1.82, 2.24) is 0 Å². The Kier molecular flexibility index (Phi) is 51.2. The van der Waals surface area contributed by atoms with Gasteiger partial charge in [0.1, 0.15) is 0 Å². The summed E-state index contributed by atoms with van der Waals surface area (Å²) in [6.07, 6.45) is 72.7. The molecule has 0 spiro atoms. The van der Waals surface area contributed by atoms with Crippen LogP contribution < -0.4 is 0 Å². The van der Waals surface area contributed by atoms with Gasteiger partial charge in [0.15, 0.2) is 0 Å². The molecule has 0 bridgehead atoms. The van der Waals surface area contributed by atoms with Crippen LogP contribution in [0.4, 0.5) is 0 Å². The number of unbranched alkanes of at least 4 members (excludes halogenated alkanes) is 37. The maximum absolute atomic E-state index is 12.2. The fraction of sp³-hybridized carbons (Fsp3) is 0.802. The van der Waals surface area contributed by atoms with E-state index in [-0.39, 0.29) is 0 Å². The van der Waals surface area contributed by atoms with E-state index in [0.717, 1.165) is 82.0 Å². The molecule has 0 unspecified atom stereocenters. The van der Waals surface area contributed by atoms with Crippen LogP contribution in [0.2, 0.25) is 10.8 Å². The van der Waals surface area contributed by atoms with Gasteiger partial charge in [0.25, 0.3) is 0 Å². The number of rotatable bonds is 57. The van der Waals surface area contributed by atoms with E-state index >= 15 is 0 Å². The molecule has 1 aliphatic rings. The van der Waals surface area contributed by atoms with Crippen molar-refractivity contribution in [3.05, 3.63) is 85.5 Å². The standard InChI is InChI=1S/C41H62N2.2C20H41.Ni/c1-9-16-23-37-30(8)40(35-26-31(19-12-4)38(24-17-10-2)32(27-35)20-13-5)43(42)41(37)36-28-33(21-14-6)39(25-18-11-3)34(29-36)22-15-7;2*1-3-5-7-9-11-13-15-17-19-20-18-16-14-12-10-8-6-4-2;/h26-29H,9-25H2,1-8H3;2*1,3-20H2,2H3;. The molecule has 0 saturated carbocycles. The van der Waals surface area contributed by atoms with Gasteiger partial charge in [-0.1, -0.05) is 197 Å². The van der Waals surface area contributed by atoms with Crippen LogP contribution in [0.15, 0.2) is 35.4 Å². The second-order valence-electron chi connectivity index (χ2n) is 26.5. The second-order valence-corrected chi connectivity index (χ2v) is 27.9. The monoisotopic (exact) mass is 1200 g/mol. The first-order valence-corrected chi connectivity index (χ1v) is 39.4. The summed E-state index contributed by atoms with van der Waals surface area (Å²) in [4.78, 5) is 0. The molecule has 3 heteroatoms. The third-order valence-electron chi connectivity index (χ3n) is 18.5. The van der Waals surface area contributed by atoms with E-state index in [1.165, 1.54) is 325 Å². The van der Waals surface area contributed by atoms with Gasteiger partial charge in [-0.15, -0.1) is 0 Å². The van der Waals surface area contributed by atoms with E-state index in [1.54, 1.807) is 15.8 Å². The summed E-state index contributed by atoms with van der Waals surface area (Å²) < 4.78 is 1.60. The Morgan fingerprint density at radius 2 is 0.512 bits per heavy atom. The molecule has 1 aliphatic heterocycles. The number of allylic oxidation sites excluding steroid dienone is 2. The van der Waals surface area contributed by atoms with E-state index in [0.29, 0.717) is 0 Å². The summed E-state index contributed by atoms with van der Waals surface area (Å²) in [6, 6.07) is 9.73. The molecule has 488 valence electrons. The predicted molar refractivity (Wildman–Crippen MR) is 376 cm³/mol. The van der Waals surface area contributed by atoms with Gasteiger partial charge >= 0.3 is 166 Å². The summed E-state index contributed by atoms with van der Waals surface area (Å²) in [6.45, 7) is 22.9. The maximum atomic E-state index is 12.2. The Labute approximate surface area is 533 Å². The van der Waals surface area contributed by atoms with Crippen molar-refractivity contribution in [3.8, 4) is 0 Å². The minimum absolute atomic E-state index is 1.00. The average Bonchev–Trinajstić information content (AvgIpc) is 3.97. The molecule has 2 aromatic rings. The van der Waals surface area contributed by atoms with Crippen molar-refractivity contribution in [2.24, 2.45) is 0 Å². The molecule has 0 aromatic heterocycles. The zero-order chi connectivity index (χ0) is 60.9. The minimum atomic E-state index is 1.00. The van der Waals surface area contributed by atoms with Crippen LogP contribution in [0, 0.1) is 0 Å². The molecule has 0 fully saturated rings. The summed E-state index contributed by atoms with van der Waals surface area (Å²) in [5.41, 5.74) is 28.4. The Bertz CT molecular complexity index is 1860. The van der Waals surface area contributed by atoms with Gasteiger partial charge in [0.2, 0.25) is 11.4 Å². The fourth-order valence-electron chi connectivity index (χ4n) is 13.4. The van der Waals surface area contributed by atoms with E-state index in [1.807, 2.05) is 14.4 Å². The van der Waals surface area contributed by atoms with Crippen LogP contribution >= 0.6 is 0 Å². The molecule has 0 saturated heterocycles. The van der Waals surface area contributed by atoms with Gasteiger partial charge in [-0.05, 0) is 129 Å². The molecule has 1 heterocycles. The van der Waals surface area contributed by atoms with Crippen molar-refractivity contribution >= 4 is 11.4 Å². The SMILES string of the molecule is CCCCC1=C(c2cc(CCC)c(CCCC)c(CCC)c2)[N+](=[N-])C(c2cc(CCC)c(CCCC)c(CCC)c2)=C1C.CCCCCCCCCCCCCCCCCCC[CH2][Ni][CH2]CCCCCCCCCCCCCCCCCCC. The molecule has 0 atom stereocenters. The molecule has 2 nitrogen and oxygen atoms in total. The summed E-state index contributed by atoms with van der Waals surface area (Å²) in [7, 11) is 0. The van der Waals surface area contributed by atoms with Gasteiger partial charge in [-0.2, -0.15) is 0 Å². The molecule has 0 aliphatic carbocycles. The van der Waals surface area contributed by atoms with E-state index in [2.05, 4.69) is 93.5 Å². The van der Waals surface area contributed by atoms with Gasteiger partial charge in [0, 0.05) is 22.3 Å². The topological polar surface area (TPSA) is 25.3 Å². The molecule has 84 heavy (non-hydrogen) atoms. The summed E-state index contributed by atoms with van der Waals surface area (Å²) in [5.74, 6) is 0. The minimum Gasteiger partial charge on any atom is -0.0654 e. The number of hydrogen-bond acceptors (Lipinski definition) is 0. The quantitative estimate of drug-likeness (QED) is 0.0358. The third kappa shape index (κ3) is 34.7. The van der Waals surface area contributed by atoms with Gasteiger partial charge in [-0.3, -0.25) is 0 Å². The van der Waals surface area contributed by atoms with Crippen LogP contribution in [0.5, 0.6) is 0 Å². The first kappa shape index (κ1) is 78.1. The molecule has 0 amide bonds. The van der Waals surface area contributed by atoms with Crippen LogP contribution in [-0.2, 0) is 53.0 Å². The Hall–Kier alpha value is -1.99. The third-order valence-corrected chi connectivity index (χ3v) is 19.9. The van der Waals surface area contributed by atoms with Gasteiger partial charge < -0.3 is 5.53 Å². The van der Waals surface area contributed by atoms with E-state index in [4.69, 9.17) is 0 Å². The first-order chi connectivity index (χ1) is 41.3. The van der Waals surface area contributed by atoms with Gasteiger partial charge in [-0.25, -0.2) is 4.70 Å². The van der Waals surface area contributed by atoms with E-state index < -0.39 is 0 Å². The van der Waals surface area contributed by atoms with Crippen molar-refractivity contribution in [2.45, 2.75) is 420 Å². The zero-order valence-electron chi connectivity index (χ0n) is 58.4. The number of hydrogen-bond donors (Lipinski definition) is 0. The first-order valence-electron chi connectivity index (χ1n) is 38.0. The van der Waals surface area contributed by atoms with Crippen LogP contribution in [0.25, 0.3) is 16.9 Å². The zero-order valence-corrected chi connectivity index (χ0v) is 59.4. The van der Waals surface area contributed by atoms with Crippen LogP contribution in [0.1, 0.15) is 416 Å². The van der Waals surface area contributed by atoms with Crippen molar-refractivity contribution in [3.63, 3.8) is 0 Å². The molecule has 3 rings (SSSR count). The van der Waals surface area contributed by atoms with Crippen molar-refractivity contribution < 1.29 is 19.1 Å². The molecular weight excluding hydrogens is 1060 g/mol. The molecule has 2 aromatic carbocycles. The van der Waals surface area contributed by atoms with Crippen molar-refractivity contribution in [1.29, 1.82) is 0 Å². The molecule has 0 N–H and O–H groups in total. The fourth-order valence-corrected chi connectivity index (χ4v) is 14.6. The number of aryl methyl sites for hydroxylation is 4. The second kappa shape index (κ2) is 55.1. The molecule has 0 radical (unpaired) electrons. The van der Waals surface area contributed by atoms with Crippen LogP contribution in [0.3, 0.4) is 0 Å². The Balaban J connectivity index is 0.000000575. The van der Waals surface area contributed by atoms with Crippen molar-refractivity contribution in [2.75, 3.05) is 0 Å². The normalized spacial score (nSPS) is 12.7. The number of nitrogens with zero attached hydrogens (tertiary/aromatic N) is 2. The Morgan fingerprint density at radius 3 is 0.774 bits per heavy atom. The number of benzene rings is 2.